The van der Waals surface area contributed by atoms with Gasteiger partial charge in [-0.3, -0.25) is 4.98 Å². The molecule has 1 fully saturated rings. The number of aromatic nitrogens is 3. The number of hydrogen-bond acceptors (Lipinski definition) is 5. The van der Waals surface area contributed by atoms with Crippen LogP contribution in [-0.4, -0.2) is 34.2 Å². The summed E-state index contributed by atoms with van der Waals surface area (Å²) in [5.41, 5.74) is 3.56. The summed E-state index contributed by atoms with van der Waals surface area (Å²) in [6, 6.07) is 10.7. The highest BCUT2D eigenvalue weighted by Gasteiger charge is 2.29. The number of para-hydroxylation sites is 1. The van der Waals surface area contributed by atoms with Crippen molar-refractivity contribution in [3.8, 4) is 0 Å². The molecular weight excluding hydrogens is 336 g/mol. The summed E-state index contributed by atoms with van der Waals surface area (Å²) in [7, 11) is 0. The molecule has 0 unspecified atom stereocenters. The first-order valence-electron chi connectivity index (χ1n) is 9.74. The Labute approximate surface area is 160 Å². The molecular formula is C22H26N4O. The molecule has 5 nitrogen and oxygen atoms in total. The van der Waals surface area contributed by atoms with E-state index in [9.17, 15) is 0 Å². The summed E-state index contributed by atoms with van der Waals surface area (Å²) in [4.78, 5) is 13.5. The molecule has 0 spiro atoms. The van der Waals surface area contributed by atoms with Gasteiger partial charge in [-0.1, -0.05) is 31.5 Å². The van der Waals surface area contributed by atoms with Crippen LogP contribution in [0.15, 0.2) is 42.7 Å². The van der Waals surface area contributed by atoms with Gasteiger partial charge in [0.2, 0.25) is 0 Å². The van der Waals surface area contributed by atoms with Crippen molar-refractivity contribution in [3.05, 3.63) is 59.7 Å². The van der Waals surface area contributed by atoms with Crippen LogP contribution >= 0.6 is 0 Å². The van der Waals surface area contributed by atoms with Crippen LogP contribution in [0.4, 0.5) is 5.82 Å². The van der Waals surface area contributed by atoms with E-state index in [1.54, 1.807) is 0 Å². The average molecular weight is 362 g/mol. The maximum absolute atomic E-state index is 5.83. The lowest BCUT2D eigenvalue weighted by Gasteiger charge is -2.22. The number of fused-ring (bicyclic) bond motifs is 1. The summed E-state index contributed by atoms with van der Waals surface area (Å²) >= 11 is 0. The number of nitrogens with one attached hydrogen (secondary N) is 1. The van der Waals surface area contributed by atoms with Crippen molar-refractivity contribution < 1.29 is 4.74 Å². The van der Waals surface area contributed by atoms with E-state index in [0.29, 0.717) is 12.5 Å². The van der Waals surface area contributed by atoms with Gasteiger partial charge in [0.15, 0.2) is 0 Å². The summed E-state index contributed by atoms with van der Waals surface area (Å²) in [5, 5.41) is 4.89. The van der Waals surface area contributed by atoms with Gasteiger partial charge < -0.3 is 10.1 Å². The zero-order valence-electron chi connectivity index (χ0n) is 16.0. The first-order chi connectivity index (χ1) is 13.2. The van der Waals surface area contributed by atoms with E-state index < -0.39 is 0 Å². The summed E-state index contributed by atoms with van der Waals surface area (Å²) in [5.74, 6) is 2.16. The van der Waals surface area contributed by atoms with Crippen LogP contribution < -0.4 is 5.32 Å². The van der Waals surface area contributed by atoms with E-state index in [0.717, 1.165) is 43.0 Å². The van der Waals surface area contributed by atoms with Crippen LogP contribution in [0.5, 0.6) is 0 Å². The molecule has 0 amide bonds. The Balaban J connectivity index is 1.55. The molecule has 5 heteroatoms. The maximum Gasteiger partial charge on any atom is 0.133 e. The Morgan fingerprint density at radius 3 is 2.89 bits per heavy atom. The molecule has 1 aromatic carbocycles. The van der Waals surface area contributed by atoms with Crippen LogP contribution in [-0.2, 0) is 17.6 Å². The first-order valence-corrected chi connectivity index (χ1v) is 9.74. The molecule has 0 aliphatic carbocycles. The maximum atomic E-state index is 5.83. The molecule has 3 aromatic rings. The molecule has 27 heavy (non-hydrogen) atoms. The van der Waals surface area contributed by atoms with Crippen LogP contribution in [0.25, 0.3) is 10.9 Å². The van der Waals surface area contributed by atoms with Crippen LogP contribution in [0.2, 0.25) is 0 Å². The molecule has 0 bridgehead atoms. The van der Waals surface area contributed by atoms with Crippen LogP contribution in [0, 0.1) is 12.8 Å². The Hall–Kier alpha value is -2.53. The highest BCUT2D eigenvalue weighted by atomic mass is 16.5. The molecule has 1 aliphatic heterocycles. The first kappa shape index (κ1) is 17.9. The Morgan fingerprint density at radius 1 is 1.11 bits per heavy atom. The van der Waals surface area contributed by atoms with Gasteiger partial charge in [-0.2, -0.15) is 0 Å². The van der Waals surface area contributed by atoms with Crippen molar-refractivity contribution in [1.82, 2.24) is 15.0 Å². The summed E-state index contributed by atoms with van der Waals surface area (Å²) in [6.45, 7) is 5.59. The van der Waals surface area contributed by atoms with Crippen LogP contribution in [0.3, 0.4) is 0 Å². The van der Waals surface area contributed by atoms with E-state index in [-0.39, 0.29) is 6.04 Å². The van der Waals surface area contributed by atoms with Crippen molar-refractivity contribution in [2.45, 2.75) is 39.2 Å². The second-order valence-corrected chi connectivity index (χ2v) is 7.28. The summed E-state index contributed by atoms with van der Waals surface area (Å²) in [6.07, 6.45) is 6.89. The van der Waals surface area contributed by atoms with E-state index in [1.807, 2.05) is 25.4 Å². The van der Waals surface area contributed by atoms with E-state index in [1.165, 1.54) is 16.5 Å². The van der Waals surface area contributed by atoms with Crippen LogP contribution in [0.1, 0.15) is 30.3 Å². The van der Waals surface area contributed by atoms with Crippen molar-refractivity contribution in [1.29, 1.82) is 0 Å². The molecule has 1 aliphatic rings. The number of nitrogens with zero attached hydrogens (tertiary/aromatic N) is 3. The molecule has 1 N–H and O–H groups in total. The van der Waals surface area contributed by atoms with Gasteiger partial charge in [0.1, 0.15) is 11.6 Å². The van der Waals surface area contributed by atoms with Gasteiger partial charge in [-0.05, 0) is 37.5 Å². The summed E-state index contributed by atoms with van der Waals surface area (Å²) < 4.78 is 5.83. The van der Waals surface area contributed by atoms with Gasteiger partial charge in [0.25, 0.3) is 0 Å². The number of pyridine rings is 1. The standard InChI is InChI=1S/C22H26N4O/c1-3-6-17-12-24-15(2)25-22(17)26-21-14-27-13-18(21)11-16-9-10-23-20-8-5-4-7-19(16)20/h4-5,7-10,12,18,21H,3,6,11,13-14H2,1-2H3,(H,24,25,26)/t18-,21+/m1/s1. The molecule has 0 saturated carbocycles. The van der Waals surface area contributed by atoms with Gasteiger partial charge in [0, 0.05) is 29.3 Å². The Bertz CT molecular complexity index is 922. The van der Waals surface area contributed by atoms with E-state index in [4.69, 9.17) is 4.74 Å². The largest absolute Gasteiger partial charge is 0.379 e. The highest BCUT2D eigenvalue weighted by molar-refractivity contribution is 5.81. The number of benzene rings is 1. The molecule has 1 saturated heterocycles. The van der Waals surface area contributed by atoms with Gasteiger partial charge in [0.05, 0.1) is 24.8 Å². The second-order valence-electron chi connectivity index (χ2n) is 7.28. The lowest BCUT2D eigenvalue weighted by Crippen LogP contribution is -2.30. The van der Waals surface area contributed by atoms with Crippen molar-refractivity contribution in [2.24, 2.45) is 5.92 Å². The molecule has 140 valence electrons. The number of rotatable bonds is 6. The third kappa shape index (κ3) is 3.93. The third-order valence-electron chi connectivity index (χ3n) is 5.25. The predicted molar refractivity (Wildman–Crippen MR) is 108 cm³/mol. The third-order valence-corrected chi connectivity index (χ3v) is 5.25. The normalized spacial score (nSPS) is 19.5. The van der Waals surface area contributed by atoms with Crippen molar-refractivity contribution >= 4 is 16.7 Å². The average Bonchev–Trinajstić information content (AvgIpc) is 3.11. The minimum Gasteiger partial charge on any atom is -0.379 e. The number of aryl methyl sites for hydroxylation is 2. The van der Waals surface area contributed by atoms with Gasteiger partial charge >= 0.3 is 0 Å². The van der Waals surface area contributed by atoms with Crippen molar-refractivity contribution in [2.75, 3.05) is 18.5 Å². The fourth-order valence-corrected chi connectivity index (χ4v) is 3.82. The lowest BCUT2D eigenvalue weighted by atomic mass is 9.93. The molecule has 2 atom stereocenters. The fraction of sp³-hybridized carbons (Fsp3) is 0.409. The number of ether oxygens (including phenoxy) is 1. The SMILES string of the molecule is CCCc1cnc(C)nc1N[C@H]1COC[C@H]1Cc1ccnc2ccccc12. The number of hydrogen-bond donors (Lipinski definition) is 1. The topological polar surface area (TPSA) is 59.9 Å². The van der Waals surface area contributed by atoms with E-state index in [2.05, 4.69) is 51.5 Å². The van der Waals surface area contributed by atoms with E-state index >= 15 is 0 Å². The zero-order chi connectivity index (χ0) is 18.6. The lowest BCUT2D eigenvalue weighted by molar-refractivity contribution is 0.185. The Kier molecular flexibility index (Phi) is 5.30. The quantitative estimate of drug-likeness (QED) is 0.719. The second kappa shape index (κ2) is 8.01. The molecule has 4 rings (SSSR count). The van der Waals surface area contributed by atoms with Crippen molar-refractivity contribution in [3.63, 3.8) is 0 Å². The minimum atomic E-state index is 0.252. The predicted octanol–water partition coefficient (Wildman–Crippen LogP) is 3.96. The molecule has 3 heterocycles. The Morgan fingerprint density at radius 2 is 2.00 bits per heavy atom. The minimum absolute atomic E-state index is 0.252. The fourth-order valence-electron chi connectivity index (χ4n) is 3.82. The highest BCUT2D eigenvalue weighted by Crippen LogP contribution is 2.26. The van der Waals surface area contributed by atoms with Gasteiger partial charge in [-0.15, -0.1) is 0 Å². The molecule has 0 radical (unpaired) electrons. The molecule has 2 aromatic heterocycles. The smallest absolute Gasteiger partial charge is 0.133 e. The zero-order valence-corrected chi connectivity index (χ0v) is 16.0. The monoisotopic (exact) mass is 362 g/mol. The number of anilines is 1. The van der Waals surface area contributed by atoms with Gasteiger partial charge in [-0.25, -0.2) is 9.97 Å².